The lowest BCUT2D eigenvalue weighted by Gasteiger charge is -2.04. The van der Waals surface area contributed by atoms with Gasteiger partial charge in [0.2, 0.25) is 5.13 Å². The number of rotatable bonds is 3. The largest absolute Gasteiger partial charge is 0.478 e. The first kappa shape index (κ1) is 11.8. The lowest BCUT2D eigenvalue weighted by atomic mass is 10.2. The van der Waals surface area contributed by atoms with E-state index in [1.54, 1.807) is 12.1 Å². The molecule has 1 aromatic heterocycles. The van der Waals surface area contributed by atoms with Gasteiger partial charge in [0.25, 0.3) is 0 Å². The third-order valence-corrected chi connectivity index (χ3v) is 3.04. The predicted molar refractivity (Wildman–Crippen MR) is 66.3 cm³/mol. The molecule has 0 amide bonds. The molecule has 7 heteroatoms. The minimum Gasteiger partial charge on any atom is -0.478 e. The van der Waals surface area contributed by atoms with Crippen LogP contribution < -0.4 is 5.32 Å². The van der Waals surface area contributed by atoms with E-state index < -0.39 is 5.97 Å². The van der Waals surface area contributed by atoms with Crippen molar-refractivity contribution in [1.82, 2.24) is 10.2 Å². The van der Waals surface area contributed by atoms with E-state index in [2.05, 4.69) is 15.5 Å². The number of carboxylic acids is 1. The van der Waals surface area contributed by atoms with Crippen molar-refractivity contribution in [3.63, 3.8) is 0 Å². The SMILES string of the molecule is Cc1nnc(Nc2ccc(C(=O)O)c(Cl)c2)s1. The third-order valence-electron chi connectivity index (χ3n) is 1.98. The molecule has 5 nitrogen and oxygen atoms in total. The van der Waals surface area contributed by atoms with E-state index in [1.807, 2.05) is 6.92 Å². The van der Waals surface area contributed by atoms with Gasteiger partial charge in [-0.25, -0.2) is 4.79 Å². The molecule has 0 radical (unpaired) electrons. The van der Waals surface area contributed by atoms with Gasteiger partial charge in [-0.2, -0.15) is 0 Å². The molecule has 88 valence electrons. The molecular formula is C10H8ClN3O2S. The number of halogens is 1. The number of carboxylic acid groups (broad SMARTS) is 1. The maximum atomic E-state index is 10.8. The van der Waals surface area contributed by atoms with Gasteiger partial charge in [-0.15, -0.1) is 10.2 Å². The lowest BCUT2D eigenvalue weighted by molar-refractivity contribution is 0.0697. The highest BCUT2D eigenvalue weighted by Crippen LogP contribution is 2.25. The molecule has 0 aliphatic rings. The van der Waals surface area contributed by atoms with Gasteiger partial charge >= 0.3 is 5.97 Å². The summed E-state index contributed by atoms with van der Waals surface area (Å²) in [5, 5.41) is 21.3. The Morgan fingerprint density at radius 1 is 1.47 bits per heavy atom. The smallest absolute Gasteiger partial charge is 0.337 e. The Labute approximate surface area is 106 Å². The molecule has 0 aliphatic heterocycles. The van der Waals surface area contributed by atoms with Crippen molar-refractivity contribution < 1.29 is 9.90 Å². The Kier molecular flexibility index (Phi) is 3.26. The summed E-state index contributed by atoms with van der Waals surface area (Å²) in [6.07, 6.45) is 0. The van der Waals surface area contributed by atoms with Gasteiger partial charge in [0.15, 0.2) is 0 Å². The maximum absolute atomic E-state index is 10.8. The molecule has 0 fully saturated rings. The molecule has 0 aliphatic carbocycles. The van der Waals surface area contributed by atoms with Crippen LogP contribution in [0.25, 0.3) is 0 Å². The van der Waals surface area contributed by atoms with Crippen LogP contribution in [0.1, 0.15) is 15.4 Å². The van der Waals surface area contributed by atoms with Gasteiger partial charge < -0.3 is 10.4 Å². The van der Waals surface area contributed by atoms with Gasteiger partial charge in [-0.1, -0.05) is 22.9 Å². The third kappa shape index (κ3) is 2.72. The minimum atomic E-state index is -1.05. The molecule has 0 unspecified atom stereocenters. The summed E-state index contributed by atoms with van der Waals surface area (Å²) in [7, 11) is 0. The molecule has 0 bridgehead atoms. The average molecular weight is 270 g/mol. The molecule has 0 saturated carbocycles. The second-order valence-corrected chi connectivity index (χ2v) is 4.84. The van der Waals surface area contributed by atoms with Crippen LogP contribution in [-0.2, 0) is 0 Å². The van der Waals surface area contributed by atoms with Crippen molar-refractivity contribution >= 4 is 39.7 Å². The zero-order valence-corrected chi connectivity index (χ0v) is 10.3. The van der Waals surface area contributed by atoms with Gasteiger partial charge in [0, 0.05) is 5.69 Å². The topological polar surface area (TPSA) is 75.1 Å². The number of aromatic nitrogens is 2. The predicted octanol–water partition coefficient (Wildman–Crippen LogP) is 2.94. The van der Waals surface area contributed by atoms with Crippen LogP contribution in [0, 0.1) is 6.92 Å². The molecule has 2 N–H and O–H groups in total. The summed E-state index contributed by atoms with van der Waals surface area (Å²) in [6.45, 7) is 1.85. The van der Waals surface area contributed by atoms with Crippen molar-refractivity contribution in [2.45, 2.75) is 6.92 Å². The Balaban J connectivity index is 2.23. The van der Waals surface area contributed by atoms with E-state index in [9.17, 15) is 4.79 Å². The zero-order chi connectivity index (χ0) is 12.4. The van der Waals surface area contributed by atoms with Gasteiger partial charge in [0.1, 0.15) is 5.01 Å². The number of aryl methyl sites for hydroxylation is 1. The van der Waals surface area contributed by atoms with E-state index >= 15 is 0 Å². The van der Waals surface area contributed by atoms with E-state index in [1.165, 1.54) is 17.4 Å². The first-order chi connectivity index (χ1) is 8.06. The Hall–Kier alpha value is -1.66. The van der Waals surface area contributed by atoms with Gasteiger partial charge in [-0.05, 0) is 25.1 Å². The van der Waals surface area contributed by atoms with E-state index in [4.69, 9.17) is 16.7 Å². The summed E-state index contributed by atoms with van der Waals surface area (Å²) in [6, 6.07) is 4.62. The molecule has 0 spiro atoms. The van der Waals surface area contributed by atoms with Crippen LogP contribution in [0.15, 0.2) is 18.2 Å². The Morgan fingerprint density at radius 2 is 2.24 bits per heavy atom. The molecule has 1 aromatic carbocycles. The number of anilines is 2. The molecule has 0 atom stereocenters. The Bertz CT molecular complexity index is 570. The average Bonchev–Trinajstić information content (AvgIpc) is 2.63. The zero-order valence-electron chi connectivity index (χ0n) is 8.77. The number of aromatic carboxylic acids is 1. The maximum Gasteiger partial charge on any atom is 0.337 e. The minimum absolute atomic E-state index is 0.0747. The highest BCUT2D eigenvalue weighted by atomic mass is 35.5. The van der Waals surface area contributed by atoms with E-state index in [0.717, 1.165) is 5.01 Å². The fraction of sp³-hybridized carbons (Fsp3) is 0.100. The van der Waals surface area contributed by atoms with Gasteiger partial charge in [0.05, 0.1) is 10.6 Å². The summed E-state index contributed by atoms with van der Waals surface area (Å²) >= 11 is 7.25. The van der Waals surface area contributed by atoms with E-state index in [-0.39, 0.29) is 10.6 Å². The van der Waals surface area contributed by atoms with Crippen LogP contribution in [0.4, 0.5) is 10.8 Å². The summed E-state index contributed by atoms with van der Waals surface area (Å²) in [4.78, 5) is 10.8. The Morgan fingerprint density at radius 3 is 2.76 bits per heavy atom. The number of nitrogens with zero attached hydrogens (tertiary/aromatic N) is 2. The molecule has 1 heterocycles. The normalized spacial score (nSPS) is 10.2. The summed E-state index contributed by atoms with van der Waals surface area (Å²) < 4.78 is 0. The molecule has 2 aromatic rings. The van der Waals surface area contributed by atoms with Crippen LogP contribution in [-0.4, -0.2) is 21.3 Å². The fourth-order valence-corrected chi connectivity index (χ4v) is 2.11. The standard InChI is InChI=1S/C10H8ClN3O2S/c1-5-13-14-10(17-5)12-6-2-3-7(9(15)16)8(11)4-6/h2-4H,1H3,(H,12,14)(H,15,16). The van der Waals surface area contributed by atoms with Crippen LogP contribution >= 0.6 is 22.9 Å². The van der Waals surface area contributed by atoms with Crippen molar-refractivity contribution in [3.8, 4) is 0 Å². The summed E-state index contributed by atoms with van der Waals surface area (Å²) in [5.41, 5.74) is 0.752. The molecular weight excluding hydrogens is 262 g/mol. The van der Waals surface area contributed by atoms with Crippen molar-refractivity contribution in [2.24, 2.45) is 0 Å². The monoisotopic (exact) mass is 269 g/mol. The number of nitrogens with one attached hydrogen (secondary N) is 1. The quantitative estimate of drug-likeness (QED) is 0.896. The van der Waals surface area contributed by atoms with Gasteiger partial charge in [-0.3, -0.25) is 0 Å². The number of carbonyl (C=O) groups is 1. The molecule has 17 heavy (non-hydrogen) atoms. The van der Waals surface area contributed by atoms with Crippen LogP contribution in [0.3, 0.4) is 0 Å². The summed E-state index contributed by atoms with van der Waals surface area (Å²) in [5.74, 6) is -1.05. The van der Waals surface area contributed by atoms with Crippen LogP contribution in [0.5, 0.6) is 0 Å². The lowest BCUT2D eigenvalue weighted by Crippen LogP contribution is -1.98. The van der Waals surface area contributed by atoms with Crippen molar-refractivity contribution in [1.29, 1.82) is 0 Å². The number of hydrogen-bond donors (Lipinski definition) is 2. The fourth-order valence-electron chi connectivity index (χ4n) is 1.24. The second-order valence-electron chi connectivity index (χ2n) is 3.25. The van der Waals surface area contributed by atoms with Crippen molar-refractivity contribution in [3.05, 3.63) is 33.8 Å². The first-order valence-electron chi connectivity index (χ1n) is 4.66. The van der Waals surface area contributed by atoms with Crippen molar-refractivity contribution in [2.75, 3.05) is 5.32 Å². The highest BCUT2D eigenvalue weighted by molar-refractivity contribution is 7.15. The second kappa shape index (κ2) is 4.68. The van der Waals surface area contributed by atoms with E-state index in [0.29, 0.717) is 10.8 Å². The highest BCUT2D eigenvalue weighted by Gasteiger charge is 2.09. The molecule has 2 rings (SSSR count). The van der Waals surface area contributed by atoms with Crippen LogP contribution in [0.2, 0.25) is 5.02 Å². The number of benzene rings is 1. The molecule has 0 saturated heterocycles. The number of hydrogen-bond acceptors (Lipinski definition) is 5. The first-order valence-corrected chi connectivity index (χ1v) is 5.85.